The fourth-order valence-electron chi connectivity index (χ4n) is 2.87. The summed E-state index contributed by atoms with van der Waals surface area (Å²) in [5.74, 6) is 2.02. The third-order valence-electron chi connectivity index (χ3n) is 3.71. The number of nitrogens with one attached hydrogen (secondary N) is 1. The molecule has 1 rings (SSSR count). The van der Waals surface area contributed by atoms with Gasteiger partial charge in [0, 0.05) is 26.2 Å². The smallest absolute Gasteiger partial charge is 0.0233 e. The molecule has 1 unspecified atom stereocenters. The Balaban J connectivity index is 2.66. The van der Waals surface area contributed by atoms with Gasteiger partial charge in [0.05, 0.1) is 0 Å². The van der Waals surface area contributed by atoms with E-state index in [0.29, 0.717) is 5.92 Å². The fraction of sp³-hybridized carbons (Fsp3) is 0.684. The molecule has 21 heavy (non-hydrogen) atoms. The van der Waals surface area contributed by atoms with Crippen molar-refractivity contribution in [1.82, 2.24) is 10.2 Å². The van der Waals surface area contributed by atoms with Gasteiger partial charge in [0.1, 0.15) is 0 Å². The van der Waals surface area contributed by atoms with E-state index in [1.165, 1.54) is 24.2 Å². The van der Waals surface area contributed by atoms with E-state index in [2.05, 4.69) is 69.1 Å². The average Bonchev–Trinajstić information content (AvgIpc) is 2.38. The molecule has 0 heterocycles. The normalized spacial score (nSPS) is 13.4. The first-order valence-corrected chi connectivity index (χ1v) is 8.38. The lowest BCUT2D eigenvalue weighted by molar-refractivity contribution is 0.211. The molecule has 0 aromatic heterocycles. The molecule has 0 radical (unpaired) electrons. The highest BCUT2D eigenvalue weighted by Gasteiger charge is 2.11. The summed E-state index contributed by atoms with van der Waals surface area (Å²) in [5, 5.41) is 3.25. The molecule has 2 heteroatoms. The Bertz CT molecular complexity index is 371. The minimum atomic E-state index is 0.575. The van der Waals surface area contributed by atoms with Crippen molar-refractivity contribution in [3.8, 4) is 0 Å². The molecule has 1 atom stereocenters. The van der Waals surface area contributed by atoms with Crippen LogP contribution in [0.25, 0.3) is 0 Å². The molecule has 0 aliphatic carbocycles. The zero-order valence-electron chi connectivity index (χ0n) is 14.8. The van der Waals surface area contributed by atoms with E-state index >= 15 is 0 Å². The quantitative estimate of drug-likeness (QED) is 0.736. The third-order valence-corrected chi connectivity index (χ3v) is 3.71. The van der Waals surface area contributed by atoms with E-state index in [-0.39, 0.29) is 0 Å². The van der Waals surface area contributed by atoms with Gasteiger partial charge in [-0.15, -0.1) is 0 Å². The van der Waals surface area contributed by atoms with Gasteiger partial charge in [0.15, 0.2) is 0 Å². The van der Waals surface area contributed by atoms with Crippen LogP contribution in [0.5, 0.6) is 0 Å². The van der Waals surface area contributed by atoms with Gasteiger partial charge in [-0.1, -0.05) is 58.9 Å². The number of hydrogen-bond acceptors (Lipinski definition) is 2. The van der Waals surface area contributed by atoms with Gasteiger partial charge < -0.3 is 5.32 Å². The molecule has 0 aliphatic heterocycles. The first kappa shape index (κ1) is 18.2. The van der Waals surface area contributed by atoms with Gasteiger partial charge in [-0.05, 0) is 35.9 Å². The summed E-state index contributed by atoms with van der Waals surface area (Å²) in [5.41, 5.74) is 2.85. The molecule has 0 bridgehead atoms. The number of benzene rings is 1. The van der Waals surface area contributed by atoms with Crippen LogP contribution >= 0.6 is 0 Å². The Kier molecular flexibility index (Phi) is 7.98. The van der Waals surface area contributed by atoms with Gasteiger partial charge in [-0.25, -0.2) is 0 Å². The zero-order valence-corrected chi connectivity index (χ0v) is 14.8. The summed E-state index contributed by atoms with van der Waals surface area (Å²) >= 11 is 0. The van der Waals surface area contributed by atoms with E-state index < -0.39 is 0 Å². The highest BCUT2D eigenvalue weighted by molar-refractivity contribution is 5.25. The van der Waals surface area contributed by atoms with E-state index in [1.807, 2.05) is 7.05 Å². The summed E-state index contributed by atoms with van der Waals surface area (Å²) in [4.78, 5) is 2.58. The molecule has 0 spiro atoms. The minimum Gasteiger partial charge on any atom is -0.319 e. The molecule has 1 aromatic carbocycles. The lowest BCUT2D eigenvalue weighted by Crippen LogP contribution is -2.30. The first-order chi connectivity index (χ1) is 9.92. The lowest BCUT2D eigenvalue weighted by Gasteiger charge is -2.26. The topological polar surface area (TPSA) is 15.3 Å². The molecule has 2 nitrogen and oxygen atoms in total. The number of hydrogen-bond donors (Lipinski definition) is 1. The lowest BCUT2D eigenvalue weighted by atomic mass is 9.99. The molecule has 0 saturated heterocycles. The predicted octanol–water partition coefficient (Wildman–Crippen LogP) is 4.12. The summed E-state index contributed by atoms with van der Waals surface area (Å²) < 4.78 is 0. The largest absolute Gasteiger partial charge is 0.319 e. The molecule has 0 aliphatic rings. The maximum Gasteiger partial charge on any atom is 0.0233 e. The number of rotatable bonds is 9. The number of nitrogens with zero attached hydrogens (tertiary/aromatic N) is 1. The van der Waals surface area contributed by atoms with E-state index in [4.69, 9.17) is 0 Å². The first-order valence-electron chi connectivity index (χ1n) is 8.38. The molecular formula is C19H34N2. The second-order valence-corrected chi connectivity index (χ2v) is 7.18. The Labute approximate surface area is 131 Å². The van der Waals surface area contributed by atoms with Gasteiger partial charge >= 0.3 is 0 Å². The Morgan fingerprint density at radius 3 is 1.86 bits per heavy atom. The van der Waals surface area contributed by atoms with Crippen molar-refractivity contribution < 1.29 is 0 Å². The van der Waals surface area contributed by atoms with Crippen LogP contribution in [0, 0.1) is 11.8 Å². The van der Waals surface area contributed by atoms with Crippen molar-refractivity contribution in [3.63, 3.8) is 0 Å². The molecule has 1 N–H and O–H groups in total. The van der Waals surface area contributed by atoms with Crippen molar-refractivity contribution in [1.29, 1.82) is 0 Å². The predicted molar refractivity (Wildman–Crippen MR) is 93.7 cm³/mol. The highest BCUT2D eigenvalue weighted by atomic mass is 15.1. The third kappa shape index (κ3) is 7.10. The second-order valence-electron chi connectivity index (χ2n) is 7.18. The standard InChI is InChI=1S/C19H34N2/c1-15(2)12-21(13-16(3)4)14-18-7-9-19(10-8-18)17(5)11-20-6/h7-10,15-17,20H,11-14H2,1-6H3. The maximum absolute atomic E-state index is 3.25. The van der Waals surface area contributed by atoms with Crippen molar-refractivity contribution in [2.24, 2.45) is 11.8 Å². The van der Waals surface area contributed by atoms with E-state index in [9.17, 15) is 0 Å². The molecule has 120 valence electrons. The molecule has 0 amide bonds. The van der Waals surface area contributed by atoms with Crippen molar-refractivity contribution in [2.75, 3.05) is 26.7 Å². The van der Waals surface area contributed by atoms with E-state index in [0.717, 1.165) is 24.9 Å². The minimum absolute atomic E-state index is 0.575. The second kappa shape index (κ2) is 9.22. The summed E-state index contributed by atoms with van der Waals surface area (Å²) in [6, 6.07) is 9.19. The van der Waals surface area contributed by atoms with Crippen LogP contribution in [-0.2, 0) is 6.54 Å². The van der Waals surface area contributed by atoms with Gasteiger partial charge in [-0.2, -0.15) is 0 Å². The van der Waals surface area contributed by atoms with Crippen molar-refractivity contribution >= 4 is 0 Å². The summed E-state index contributed by atoms with van der Waals surface area (Å²) in [6.45, 7) is 15.9. The monoisotopic (exact) mass is 290 g/mol. The Hall–Kier alpha value is -0.860. The maximum atomic E-state index is 3.25. The van der Waals surface area contributed by atoms with Crippen LogP contribution in [0.2, 0.25) is 0 Å². The average molecular weight is 290 g/mol. The van der Waals surface area contributed by atoms with E-state index in [1.54, 1.807) is 0 Å². The van der Waals surface area contributed by atoms with Crippen LogP contribution in [0.15, 0.2) is 24.3 Å². The highest BCUT2D eigenvalue weighted by Crippen LogP contribution is 2.17. The molecule has 0 fully saturated rings. The Morgan fingerprint density at radius 2 is 1.43 bits per heavy atom. The summed E-state index contributed by atoms with van der Waals surface area (Å²) in [7, 11) is 2.01. The molecule has 1 aromatic rings. The van der Waals surface area contributed by atoms with Gasteiger partial charge in [-0.3, -0.25) is 4.90 Å². The van der Waals surface area contributed by atoms with Gasteiger partial charge in [0.25, 0.3) is 0 Å². The van der Waals surface area contributed by atoms with Crippen LogP contribution in [0.1, 0.15) is 51.7 Å². The number of likely N-dealkylation sites (N-methyl/N-ethyl adjacent to an activating group) is 1. The molecular weight excluding hydrogens is 256 g/mol. The van der Waals surface area contributed by atoms with Crippen molar-refractivity contribution in [3.05, 3.63) is 35.4 Å². The molecule has 0 saturated carbocycles. The fourth-order valence-corrected chi connectivity index (χ4v) is 2.87. The van der Waals surface area contributed by atoms with Crippen molar-refractivity contribution in [2.45, 2.75) is 47.1 Å². The Morgan fingerprint density at radius 1 is 0.905 bits per heavy atom. The van der Waals surface area contributed by atoms with Crippen LogP contribution in [0.4, 0.5) is 0 Å². The van der Waals surface area contributed by atoms with Crippen LogP contribution < -0.4 is 5.32 Å². The zero-order chi connectivity index (χ0) is 15.8. The van der Waals surface area contributed by atoms with Gasteiger partial charge in [0.2, 0.25) is 0 Å². The van der Waals surface area contributed by atoms with Crippen LogP contribution in [-0.4, -0.2) is 31.6 Å². The SMILES string of the molecule is CNCC(C)c1ccc(CN(CC(C)C)CC(C)C)cc1. The van der Waals surface area contributed by atoms with Crippen LogP contribution in [0.3, 0.4) is 0 Å². The summed E-state index contributed by atoms with van der Waals surface area (Å²) in [6.07, 6.45) is 0.